The number of hydrogen-bond acceptors (Lipinski definition) is 5. The van der Waals surface area contributed by atoms with Crippen molar-refractivity contribution in [2.24, 2.45) is 5.92 Å². The molecule has 1 saturated carbocycles. The SMILES string of the molecule is C[C@H]1OCC(=O)[C@]1(C)NC(=O)[C@@H](CC1CCCCC1)NC(=O)c1ccsc1. The van der Waals surface area contributed by atoms with E-state index in [1.54, 1.807) is 25.3 Å². The van der Waals surface area contributed by atoms with Gasteiger partial charge in [0, 0.05) is 5.38 Å². The number of carbonyl (C=O) groups excluding carboxylic acids is 3. The summed E-state index contributed by atoms with van der Waals surface area (Å²) in [6.45, 7) is 3.49. The van der Waals surface area contributed by atoms with Gasteiger partial charge in [-0.3, -0.25) is 14.4 Å². The van der Waals surface area contributed by atoms with Crippen molar-refractivity contribution < 1.29 is 19.1 Å². The van der Waals surface area contributed by atoms with Gasteiger partial charge in [0.1, 0.15) is 18.2 Å². The average Bonchev–Trinajstić information content (AvgIpc) is 3.27. The Bertz CT molecular complexity index is 684. The fourth-order valence-electron chi connectivity index (χ4n) is 3.88. The van der Waals surface area contributed by atoms with Gasteiger partial charge in [-0.25, -0.2) is 0 Å². The summed E-state index contributed by atoms with van der Waals surface area (Å²) in [6.07, 6.45) is 5.92. The monoisotopic (exact) mass is 392 g/mol. The maximum Gasteiger partial charge on any atom is 0.252 e. The first-order chi connectivity index (χ1) is 12.9. The molecule has 0 spiro atoms. The van der Waals surface area contributed by atoms with E-state index in [2.05, 4.69) is 10.6 Å². The van der Waals surface area contributed by atoms with Crippen molar-refractivity contribution in [3.63, 3.8) is 0 Å². The fraction of sp³-hybridized carbons (Fsp3) is 0.650. The van der Waals surface area contributed by atoms with Gasteiger partial charge in [-0.05, 0) is 37.6 Å². The molecule has 3 atom stereocenters. The third kappa shape index (κ3) is 4.58. The molecule has 1 saturated heterocycles. The Balaban J connectivity index is 1.72. The summed E-state index contributed by atoms with van der Waals surface area (Å²) in [4.78, 5) is 37.8. The van der Waals surface area contributed by atoms with Crippen LogP contribution in [0.25, 0.3) is 0 Å². The average molecular weight is 393 g/mol. The number of thiophene rings is 1. The molecule has 1 aromatic heterocycles. The molecule has 1 aliphatic heterocycles. The van der Waals surface area contributed by atoms with Crippen molar-refractivity contribution >= 4 is 28.9 Å². The van der Waals surface area contributed by atoms with Crippen LogP contribution in [0.2, 0.25) is 0 Å². The van der Waals surface area contributed by atoms with Gasteiger partial charge in [0.15, 0.2) is 5.78 Å². The highest BCUT2D eigenvalue weighted by Gasteiger charge is 2.47. The van der Waals surface area contributed by atoms with Gasteiger partial charge in [-0.15, -0.1) is 0 Å². The van der Waals surface area contributed by atoms with Crippen molar-refractivity contribution in [1.29, 1.82) is 0 Å². The lowest BCUT2D eigenvalue weighted by atomic mass is 9.84. The van der Waals surface area contributed by atoms with Gasteiger partial charge in [-0.2, -0.15) is 11.3 Å². The normalized spacial score (nSPS) is 27.3. The summed E-state index contributed by atoms with van der Waals surface area (Å²) in [6, 6.07) is 1.09. The first kappa shape index (κ1) is 20.0. The number of ketones is 1. The maximum atomic E-state index is 13.0. The largest absolute Gasteiger partial charge is 0.368 e. The van der Waals surface area contributed by atoms with Crippen LogP contribution in [0.1, 0.15) is 62.7 Å². The second-order valence-corrected chi connectivity index (χ2v) is 8.63. The Kier molecular flexibility index (Phi) is 6.32. The van der Waals surface area contributed by atoms with E-state index in [1.165, 1.54) is 30.6 Å². The number of carbonyl (C=O) groups is 3. The van der Waals surface area contributed by atoms with Crippen LogP contribution in [-0.4, -0.2) is 41.9 Å². The summed E-state index contributed by atoms with van der Waals surface area (Å²) >= 11 is 1.44. The molecule has 2 N–H and O–H groups in total. The number of hydrogen-bond donors (Lipinski definition) is 2. The van der Waals surface area contributed by atoms with E-state index in [0.29, 0.717) is 17.9 Å². The van der Waals surface area contributed by atoms with E-state index < -0.39 is 17.7 Å². The maximum absolute atomic E-state index is 13.0. The standard InChI is InChI=1S/C20H28N2O4S/c1-13-20(2,17(23)11-26-13)22-19(25)16(10-14-6-4-3-5-7-14)21-18(24)15-8-9-27-12-15/h8-9,12-14,16H,3-7,10-11H2,1-2H3,(H,21,24)(H,22,25)/t13-,16-,20-/m1/s1. The Hall–Kier alpha value is -1.73. The summed E-state index contributed by atoms with van der Waals surface area (Å²) in [5.74, 6) is -0.279. The Morgan fingerprint density at radius 3 is 2.67 bits per heavy atom. The van der Waals surface area contributed by atoms with Crippen LogP contribution in [-0.2, 0) is 14.3 Å². The zero-order valence-corrected chi connectivity index (χ0v) is 16.8. The molecule has 2 fully saturated rings. The van der Waals surface area contributed by atoms with Crippen molar-refractivity contribution in [2.45, 2.75) is 70.1 Å². The second-order valence-electron chi connectivity index (χ2n) is 7.85. The molecule has 6 nitrogen and oxygen atoms in total. The van der Waals surface area contributed by atoms with Crippen LogP contribution >= 0.6 is 11.3 Å². The van der Waals surface area contributed by atoms with Crippen LogP contribution in [0.3, 0.4) is 0 Å². The van der Waals surface area contributed by atoms with Crippen LogP contribution in [0.15, 0.2) is 16.8 Å². The third-order valence-electron chi connectivity index (χ3n) is 5.94. The minimum Gasteiger partial charge on any atom is -0.368 e. The first-order valence-corrected chi connectivity index (χ1v) is 10.6. The third-order valence-corrected chi connectivity index (χ3v) is 6.62. The first-order valence-electron chi connectivity index (χ1n) is 9.70. The van der Waals surface area contributed by atoms with Crippen molar-refractivity contribution in [3.8, 4) is 0 Å². The minimum atomic E-state index is -1.05. The molecule has 148 valence electrons. The summed E-state index contributed by atoms with van der Waals surface area (Å²) in [7, 11) is 0. The second kappa shape index (κ2) is 8.52. The summed E-state index contributed by atoms with van der Waals surface area (Å²) < 4.78 is 5.40. The molecule has 2 aliphatic rings. The summed E-state index contributed by atoms with van der Waals surface area (Å²) in [5.41, 5.74) is -0.490. The van der Waals surface area contributed by atoms with E-state index in [1.807, 2.05) is 5.38 Å². The molecule has 27 heavy (non-hydrogen) atoms. The zero-order chi connectivity index (χ0) is 19.4. The molecule has 2 amide bonds. The van der Waals surface area contributed by atoms with Crippen LogP contribution in [0.4, 0.5) is 0 Å². The van der Waals surface area contributed by atoms with Gasteiger partial charge < -0.3 is 15.4 Å². The number of nitrogens with one attached hydrogen (secondary N) is 2. The molecule has 0 aromatic carbocycles. The van der Waals surface area contributed by atoms with E-state index in [-0.39, 0.29) is 24.2 Å². The number of rotatable bonds is 6. The van der Waals surface area contributed by atoms with Gasteiger partial charge in [0.05, 0.1) is 11.7 Å². The van der Waals surface area contributed by atoms with E-state index in [0.717, 1.165) is 12.8 Å². The molecular weight excluding hydrogens is 364 g/mol. The predicted molar refractivity (Wildman–Crippen MR) is 104 cm³/mol. The minimum absolute atomic E-state index is 0.00645. The van der Waals surface area contributed by atoms with Crippen LogP contribution in [0, 0.1) is 5.92 Å². The van der Waals surface area contributed by atoms with Gasteiger partial charge in [0.25, 0.3) is 5.91 Å². The number of amides is 2. The molecule has 0 unspecified atom stereocenters. The zero-order valence-electron chi connectivity index (χ0n) is 16.0. The number of Topliss-reactive ketones (excluding diaryl/α,β-unsaturated/α-hetero) is 1. The van der Waals surface area contributed by atoms with E-state index in [9.17, 15) is 14.4 Å². The molecule has 1 aromatic rings. The quantitative estimate of drug-likeness (QED) is 0.780. The predicted octanol–water partition coefficient (Wildman–Crippen LogP) is 2.68. The van der Waals surface area contributed by atoms with Crippen molar-refractivity contribution in [1.82, 2.24) is 10.6 Å². The lowest BCUT2D eigenvalue weighted by Crippen LogP contribution is -2.60. The highest BCUT2D eigenvalue weighted by atomic mass is 32.1. The van der Waals surface area contributed by atoms with Gasteiger partial charge in [0.2, 0.25) is 5.91 Å². The summed E-state index contributed by atoms with van der Waals surface area (Å²) in [5, 5.41) is 9.36. The van der Waals surface area contributed by atoms with E-state index in [4.69, 9.17) is 4.74 Å². The molecule has 0 bridgehead atoms. The highest BCUT2D eigenvalue weighted by molar-refractivity contribution is 7.08. The topological polar surface area (TPSA) is 84.5 Å². The lowest BCUT2D eigenvalue weighted by molar-refractivity contribution is -0.131. The number of ether oxygens (including phenoxy) is 1. The molecule has 3 rings (SSSR count). The van der Waals surface area contributed by atoms with E-state index >= 15 is 0 Å². The van der Waals surface area contributed by atoms with Gasteiger partial charge >= 0.3 is 0 Å². The van der Waals surface area contributed by atoms with Crippen molar-refractivity contribution in [2.75, 3.05) is 6.61 Å². The Morgan fingerprint density at radius 2 is 2.07 bits per heavy atom. The van der Waals surface area contributed by atoms with Crippen LogP contribution in [0.5, 0.6) is 0 Å². The Labute approximate surface area is 164 Å². The lowest BCUT2D eigenvalue weighted by Gasteiger charge is -2.31. The highest BCUT2D eigenvalue weighted by Crippen LogP contribution is 2.28. The Morgan fingerprint density at radius 1 is 1.33 bits per heavy atom. The molecule has 2 heterocycles. The van der Waals surface area contributed by atoms with Crippen molar-refractivity contribution in [3.05, 3.63) is 22.4 Å². The van der Waals surface area contributed by atoms with Gasteiger partial charge in [-0.1, -0.05) is 32.1 Å². The molecular formula is C20H28N2O4S. The molecule has 0 radical (unpaired) electrons. The smallest absolute Gasteiger partial charge is 0.252 e. The molecule has 1 aliphatic carbocycles. The molecule has 7 heteroatoms. The fourth-order valence-corrected chi connectivity index (χ4v) is 4.52. The van der Waals surface area contributed by atoms with Crippen LogP contribution < -0.4 is 10.6 Å².